The smallest absolute Gasteiger partial charge is 0.241 e. The van der Waals surface area contributed by atoms with Crippen LogP contribution in [0.3, 0.4) is 0 Å². The molecule has 0 heterocycles. The van der Waals surface area contributed by atoms with Crippen molar-refractivity contribution in [1.82, 2.24) is 0 Å². The first-order valence-electron chi connectivity index (χ1n) is 3.52. The Balaban J connectivity index is 2.35. The van der Waals surface area contributed by atoms with Crippen LogP contribution >= 0.6 is 0 Å². The summed E-state index contributed by atoms with van der Waals surface area (Å²) < 4.78 is 33.9. The van der Waals surface area contributed by atoms with E-state index in [0.717, 1.165) is 0 Å². The standard InChI is InChI=1S/C7H12F2O2/c1-10-7(11-2)3-5(4-7)6(8)9/h5-6H,3-4H2,1-2H3. The van der Waals surface area contributed by atoms with Crippen LogP contribution in [0.25, 0.3) is 0 Å². The number of methoxy groups -OCH3 is 2. The van der Waals surface area contributed by atoms with Gasteiger partial charge in [-0.15, -0.1) is 0 Å². The zero-order valence-corrected chi connectivity index (χ0v) is 6.64. The number of hydrogen-bond donors (Lipinski definition) is 0. The Morgan fingerprint density at radius 3 is 2.00 bits per heavy atom. The van der Waals surface area contributed by atoms with Gasteiger partial charge in [0, 0.05) is 33.0 Å². The highest BCUT2D eigenvalue weighted by atomic mass is 19.3. The van der Waals surface area contributed by atoms with Gasteiger partial charge in [-0.3, -0.25) is 0 Å². The van der Waals surface area contributed by atoms with Gasteiger partial charge in [-0.2, -0.15) is 0 Å². The molecule has 1 aliphatic carbocycles. The molecule has 1 fully saturated rings. The van der Waals surface area contributed by atoms with Crippen molar-refractivity contribution in [2.75, 3.05) is 14.2 Å². The molecule has 0 aromatic rings. The summed E-state index contributed by atoms with van der Waals surface area (Å²) in [7, 11) is 2.95. The van der Waals surface area contributed by atoms with Crippen LogP contribution in [0.2, 0.25) is 0 Å². The fourth-order valence-corrected chi connectivity index (χ4v) is 1.33. The maximum Gasteiger partial charge on any atom is 0.241 e. The van der Waals surface area contributed by atoms with E-state index in [-0.39, 0.29) is 0 Å². The quantitative estimate of drug-likeness (QED) is 0.593. The van der Waals surface area contributed by atoms with E-state index in [1.165, 1.54) is 14.2 Å². The van der Waals surface area contributed by atoms with E-state index in [1.54, 1.807) is 0 Å². The predicted octanol–water partition coefficient (Wildman–Crippen LogP) is 1.65. The molecule has 0 amide bonds. The number of halogens is 2. The van der Waals surface area contributed by atoms with Gasteiger partial charge in [0.15, 0.2) is 5.79 Å². The molecule has 0 unspecified atom stereocenters. The topological polar surface area (TPSA) is 18.5 Å². The van der Waals surface area contributed by atoms with E-state index in [2.05, 4.69) is 0 Å². The summed E-state index contributed by atoms with van der Waals surface area (Å²) in [4.78, 5) is 0. The molecule has 0 radical (unpaired) electrons. The molecule has 1 aliphatic rings. The molecule has 1 rings (SSSR count). The van der Waals surface area contributed by atoms with Gasteiger partial charge in [0.1, 0.15) is 0 Å². The molecule has 66 valence electrons. The largest absolute Gasteiger partial charge is 0.353 e. The Hall–Kier alpha value is -0.220. The van der Waals surface area contributed by atoms with Crippen molar-refractivity contribution >= 4 is 0 Å². The molecule has 0 N–H and O–H groups in total. The van der Waals surface area contributed by atoms with Gasteiger partial charge in [-0.05, 0) is 0 Å². The van der Waals surface area contributed by atoms with Crippen LogP contribution in [0.1, 0.15) is 12.8 Å². The summed E-state index contributed by atoms with van der Waals surface area (Å²) in [5, 5.41) is 0. The minimum Gasteiger partial charge on any atom is -0.353 e. The summed E-state index contributed by atoms with van der Waals surface area (Å²) in [5.74, 6) is -1.27. The Labute approximate surface area is 64.5 Å². The van der Waals surface area contributed by atoms with E-state index < -0.39 is 18.1 Å². The molecule has 11 heavy (non-hydrogen) atoms. The van der Waals surface area contributed by atoms with Crippen molar-refractivity contribution in [3.8, 4) is 0 Å². The minimum absolute atomic E-state index is 0.303. The maximum atomic E-state index is 12.0. The van der Waals surface area contributed by atoms with Gasteiger partial charge in [0.2, 0.25) is 6.43 Å². The van der Waals surface area contributed by atoms with Crippen molar-refractivity contribution in [2.24, 2.45) is 5.92 Å². The average Bonchev–Trinajstić information content (AvgIpc) is 1.87. The monoisotopic (exact) mass is 166 g/mol. The molecule has 0 atom stereocenters. The van der Waals surface area contributed by atoms with Gasteiger partial charge in [-0.25, -0.2) is 8.78 Å². The normalized spacial score (nSPS) is 23.7. The van der Waals surface area contributed by atoms with Crippen LogP contribution < -0.4 is 0 Å². The van der Waals surface area contributed by atoms with Crippen LogP contribution in [0, 0.1) is 5.92 Å². The number of hydrogen-bond acceptors (Lipinski definition) is 2. The van der Waals surface area contributed by atoms with Crippen LogP contribution in [0.4, 0.5) is 8.78 Å². The van der Waals surface area contributed by atoms with E-state index in [0.29, 0.717) is 12.8 Å². The summed E-state index contributed by atoms with van der Waals surface area (Å²) in [5.41, 5.74) is 0. The third-order valence-electron chi connectivity index (χ3n) is 2.25. The Morgan fingerprint density at radius 2 is 1.73 bits per heavy atom. The highest BCUT2D eigenvalue weighted by Gasteiger charge is 2.48. The summed E-state index contributed by atoms with van der Waals surface area (Å²) in [6.45, 7) is 0. The summed E-state index contributed by atoms with van der Waals surface area (Å²) in [6.07, 6.45) is -1.64. The predicted molar refractivity (Wildman–Crippen MR) is 35.5 cm³/mol. The highest BCUT2D eigenvalue weighted by molar-refractivity contribution is 4.89. The van der Waals surface area contributed by atoms with Crippen molar-refractivity contribution in [2.45, 2.75) is 25.1 Å². The molecule has 1 saturated carbocycles. The Morgan fingerprint density at radius 1 is 1.27 bits per heavy atom. The van der Waals surface area contributed by atoms with Gasteiger partial charge < -0.3 is 9.47 Å². The molecule has 0 spiro atoms. The number of alkyl halides is 2. The van der Waals surface area contributed by atoms with E-state index >= 15 is 0 Å². The van der Waals surface area contributed by atoms with Crippen molar-refractivity contribution in [3.05, 3.63) is 0 Å². The van der Waals surface area contributed by atoms with Crippen LogP contribution in [-0.4, -0.2) is 26.4 Å². The molecule has 4 heteroatoms. The van der Waals surface area contributed by atoms with Crippen LogP contribution in [0.5, 0.6) is 0 Å². The molecular formula is C7H12F2O2. The van der Waals surface area contributed by atoms with Crippen LogP contribution in [0.15, 0.2) is 0 Å². The van der Waals surface area contributed by atoms with E-state index in [4.69, 9.17) is 9.47 Å². The van der Waals surface area contributed by atoms with Gasteiger partial charge in [-0.1, -0.05) is 0 Å². The second kappa shape index (κ2) is 3.03. The second-order valence-corrected chi connectivity index (χ2v) is 2.82. The lowest BCUT2D eigenvalue weighted by Gasteiger charge is -2.44. The van der Waals surface area contributed by atoms with E-state index in [1.807, 2.05) is 0 Å². The van der Waals surface area contributed by atoms with Crippen molar-refractivity contribution < 1.29 is 18.3 Å². The Bertz CT molecular complexity index is 126. The van der Waals surface area contributed by atoms with Crippen molar-refractivity contribution in [1.29, 1.82) is 0 Å². The van der Waals surface area contributed by atoms with Gasteiger partial charge >= 0.3 is 0 Å². The number of rotatable bonds is 3. The maximum absolute atomic E-state index is 12.0. The molecule has 2 nitrogen and oxygen atoms in total. The van der Waals surface area contributed by atoms with Gasteiger partial charge in [0.25, 0.3) is 0 Å². The Kier molecular flexibility index (Phi) is 2.44. The highest BCUT2D eigenvalue weighted by Crippen LogP contribution is 2.43. The summed E-state index contributed by atoms with van der Waals surface area (Å²) in [6, 6.07) is 0. The first-order chi connectivity index (χ1) is 5.13. The molecular weight excluding hydrogens is 154 g/mol. The first kappa shape index (κ1) is 8.87. The lowest BCUT2D eigenvalue weighted by molar-refractivity contribution is -0.283. The van der Waals surface area contributed by atoms with Crippen LogP contribution in [-0.2, 0) is 9.47 Å². The average molecular weight is 166 g/mol. The molecule has 0 bridgehead atoms. The second-order valence-electron chi connectivity index (χ2n) is 2.82. The fraction of sp³-hybridized carbons (Fsp3) is 1.00. The molecule has 0 aliphatic heterocycles. The van der Waals surface area contributed by atoms with E-state index in [9.17, 15) is 8.78 Å². The third kappa shape index (κ3) is 1.51. The van der Waals surface area contributed by atoms with Gasteiger partial charge in [0.05, 0.1) is 0 Å². The number of ether oxygens (including phenoxy) is 2. The molecule has 0 aromatic heterocycles. The SMILES string of the molecule is COC1(OC)CC(C(F)F)C1. The molecule has 0 saturated heterocycles. The lowest BCUT2D eigenvalue weighted by atomic mass is 9.79. The van der Waals surface area contributed by atoms with Crippen molar-refractivity contribution in [3.63, 3.8) is 0 Å². The zero-order valence-electron chi connectivity index (χ0n) is 6.64. The fourth-order valence-electron chi connectivity index (χ4n) is 1.33. The third-order valence-corrected chi connectivity index (χ3v) is 2.25. The first-order valence-corrected chi connectivity index (χ1v) is 3.52. The molecule has 0 aromatic carbocycles. The zero-order chi connectivity index (χ0) is 8.48. The summed E-state index contributed by atoms with van der Waals surface area (Å²) >= 11 is 0. The minimum atomic E-state index is -2.24. The lowest BCUT2D eigenvalue weighted by Crippen LogP contribution is -2.49.